The second-order valence-corrected chi connectivity index (χ2v) is 5.29. The van der Waals surface area contributed by atoms with E-state index in [-0.39, 0.29) is 18.2 Å². The molecule has 2 rings (SSSR count). The predicted molar refractivity (Wildman–Crippen MR) is 57.3 cm³/mol. The largest absolute Gasteiger partial charge is 0.326 e. The summed E-state index contributed by atoms with van der Waals surface area (Å²) in [6.45, 7) is 0.466. The molecule has 78 valence electrons. The van der Waals surface area contributed by atoms with Crippen LogP contribution in [0.15, 0.2) is 23.1 Å². The van der Waals surface area contributed by atoms with E-state index in [0.717, 1.165) is 11.1 Å². The minimum absolute atomic E-state index is 0. The van der Waals surface area contributed by atoms with Gasteiger partial charge in [-0.15, -0.1) is 12.4 Å². The Hall–Kier alpha value is -0.580. The van der Waals surface area contributed by atoms with Gasteiger partial charge in [0.05, 0.1) is 10.6 Å². The summed E-state index contributed by atoms with van der Waals surface area (Å²) in [6, 6.07) is 5.33. The number of benzene rings is 1. The van der Waals surface area contributed by atoms with Gasteiger partial charge in [0.25, 0.3) is 0 Å². The average Bonchev–Trinajstić information content (AvgIpc) is 2.42. The van der Waals surface area contributed by atoms with Gasteiger partial charge in [-0.2, -0.15) is 0 Å². The molecule has 0 aliphatic carbocycles. The van der Waals surface area contributed by atoms with Crippen LogP contribution in [-0.2, 0) is 22.8 Å². The van der Waals surface area contributed by atoms with E-state index >= 15 is 0 Å². The number of nitrogens with two attached hydrogens (primary N) is 1. The number of aryl methyl sites for hydroxylation is 1. The molecule has 5 heteroatoms. The first-order valence-electron chi connectivity index (χ1n) is 4.18. The lowest BCUT2D eigenvalue weighted by Gasteiger charge is -2.00. The minimum Gasteiger partial charge on any atom is -0.326 e. The van der Waals surface area contributed by atoms with Gasteiger partial charge in [0, 0.05) is 6.54 Å². The lowest BCUT2D eigenvalue weighted by molar-refractivity contribution is 0.600. The molecule has 0 radical (unpaired) electrons. The molecule has 1 aliphatic heterocycles. The molecule has 1 aliphatic rings. The van der Waals surface area contributed by atoms with Crippen molar-refractivity contribution < 1.29 is 8.42 Å². The van der Waals surface area contributed by atoms with Crippen molar-refractivity contribution in [1.82, 2.24) is 0 Å². The number of hydrogen-bond acceptors (Lipinski definition) is 3. The van der Waals surface area contributed by atoms with Crippen LogP contribution in [0.5, 0.6) is 0 Å². The van der Waals surface area contributed by atoms with Crippen molar-refractivity contribution in [2.24, 2.45) is 5.73 Å². The van der Waals surface area contributed by atoms with E-state index in [1.807, 2.05) is 6.07 Å². The molecule has 1 aromatic carbocycles. The Morgan fingerprint density at radius 3 is 2.71 bits per heavy atom. The van der Waals surface area contributed by atoms with Gasteiger partial charge in [-0.1, -0.05) is 12.1 Å². The predicted octanol–water partition coefficient (Wildman–Crippen LogP) is 0.897. The Bertz CT molecular complexity index is 442. The normalized spacial score (nSPS) is 17.2. The van der Waals surface area contributed by atoms with Crippen LogP contribution in [0.2, 0.25) is 0 Å². The molecule has 1 aromatic rings. The summed E-state index contributed by atoms with van der Waals surface area (Å²) >= 11 is 0. The molecule has 0 unspecified atom stereocenters. The Labute approximate surface area is 89.6 Å². The molecule has 0 spiro atoms. The Morgan fingerprint density at radius 1 is 1.36 bits per heavy atom. The first kappa shape index (κ1) is 11.5. The summed E-state index contributed by atoms with van der Waals surface area (Å²) in [6.07, 6.45) is 0.630. The number of rotatable bonds is 1. The maximum atomic E-state index is 11.4. The van der Waals surface area contributed by atoms with E-state index < -0.39 is 9.84 Å². The first-order chi connectivity index (χ1) is 6.13. The fraction of sp³-hybridized carbons (Fsp3) is 0.333. The van der Waals surface area contributed by atoms with Gasteiger partial charge in [0.15, 0.2) is 9.84 Å². The van der Waals surface area contributed by atoms with Gasteiger partial charge in [0.2, 0.25) is 0 Å². The molecule has 0 aromatic heterocycles. The fourth-order valence-corrected chi connectivity index (χ4v) is 3.16. The van der Waals surface area contributed by atoms with E-state index in [1.165, 1.54) is 0 Å². The van der Waals surface area contributed by atoms with Gasteiger partial charge in [-0.25, -0.2) is 8.42 Å². The molecule has 0 atom stereocenters. The molecular weight excluding hydrogens is 222 g/mol. The van der Waals surface area contributed by atoms with Gasteiger partial charge < -0.3 is 5.73 Å². The average molecular weight is 234 g/mol. The van der Waals surface area contributed by atoms with Crippen molar-refractivity contribution in [3.05, 3.63) is 29.3 Å². The second kappa shape index (κ2) is 3.88. The quantitative estimate of drug-likeness (QED) is 0.784. The Kier molecular flexibility index (Phi) is 3.19. The first-order valence-corrected chi connectivity index (χ1v) is 5.83. The third-order valence-corrected chi connectivity index (χ3v) is 4.15. The van der Waals surface area contributed by atoms with Crippen LogP contribution in [0.1, 0.15) is 11.1 Å². The van der Waals surface area contributed by atoms with Crippen LogP contribution in [0.4, 0.5) is 0 Å². The van der Waals surface area contributed by atoms with Crippen molar-refractivity contribution in [3.8, 4) is 0 Å². The zero-order chi connectivity index (χ0) is 9.47. The Morgan fingerprint density at radius 2 is 2.07 bits per heavy atom. The van der Waals surface area contributed by atoms with Crippen LogP contribution in [0, 0.1) is 0 Å². The lowest BCUT2D eigenvalue weighted by Crippen LogP contribution is -1.99. The lowest BCUT2D eigenvalue weighted by atomic mass is 10.1. The molecule has 14 heavy (non-hydrogen) atoms. The summed E-state index contributed by atoms with van der Waals surface area (Å²) in [5.74, 6) is 0.246. The maximum absolute atomic E-state index is 11.4. The molecule has 3 nitrogen and oxygen atoms in total. The number of hydrogen-bond donors (Lipinski definition) is 1. The highest BCUT2D eigenvalue weighted by atomic mass is 35.5. The zero-order valence-corrected chi connectivity index (χ0v) is 9.20. The van der Waals surface area contributed by atoms with Crippen molar-refractivity contribution >= 4 is 22.2 Å². The van der Waals surface area contributed by atoms with Crippen LogP contribution < -0.4 is 5.73 Å². The molecule has 0 amide bonds. The second-order valence-electron chi connectivity index (χ2n) is 3.22. The number of sulfone groups is 1. The Balaban J connectivity index is 0.000000980. The summed E-state index contributed by atoms with van der Waals surface area (Å²) in [7, 11) is -2.97. The number of fused-ring (bicyclic) bond motifs is 1. The third kappa shape index (κ3) is 1.78. The fourth-order valence-electron chi connectivity index (χ4n) is 1.61. The van der Waals surface area contributed by atoms with E-state index in [9.17, 15) is 8.42 Å². The molecule has 2 N–H and O–H groups in total. The van der Waals surface area contributed by atoms with Crippen LogP contribution in [0.3, 0.4) is 0 Å². The summed E-state index contributed by atoms with van der Waals surface area (Å²) < 4.78 is 22.8. The van der Waals surface area contributed by atoms with Crippen molar-refractivity contribution in [1.29, 1.82) is 0 Å². The monoisotopic (exact) mass is 233 g/mol. The summed E-state index contributed by atoms with van der Waals surface area (Å²) in [4.78, 5) is 0.490. The SMILES string of the molecule is Cl.NCc1ccc2c(c1)CCS2(=O)=O. The van der Waals surface area contributed by atoms with Crippen molar-refractivity contribution in [3.63, 3.8) is 0 Å². The van der Waals surface area contributed by atoms with E-state index in [1.54, 1.807) is 12.1 Å². The van der Waals surface area contributed by atoms with Crippen molar-refractivity contribution in [2.75, 3.05) is 5.75 Å². The van der Waals surface area contributed by atoms with Crippen molar-refractivity contribution in [2.45, 2.75) is 17.9 Å². The van der Waals surface area contributed by atoms with E-state index in [0.29, 0.717) is 17.9 Å². The molecule has 0 bridgehead atoms. The molecule has 1 heterocycles. The highest BCUT2D eigenvalue weighted by Gasteiger charge is 2.25. The smallest absolute Gasteiger partial charge is 0.178 e. The topological polar surface area (TPSA) is 60.2 Å². The molecule has 0 fully saturated rings. The summed E-state index contributed by atoms with van der Waals surface area (Å²) in [5.41, 5.74) is 7.38. The van der Waals surface area contributed by atoms with Gasteiger partial charge in [0.1, 0.15) is 0 Å². The maximum Gasteiger partial charge on any atom is 0.178 e. The van der Waals surface area contributed by atoms with Crippen LogP contribution in [-0.4, -0.2) is 14.2 Å². The highest BCUT2D eigenvalue weighted by Crippen LogP contribution is 2.26. The number of halogens is 1. The minimum atomic E-state index is -2.97. The molecule has 0 saturated carbocycles. The zero-order valence-electron chi connectivity index (χ0n) is 7.56. The molecular formula is C9H12ClNO2S. The molecule has 0 saturated heterocycles. The van der Waals surface area contributed by atoms with Crippen LogP contribution in [0.25, 0.3) is 0 Å². The van der Waals surface area contributed by atoms with E-state index in [2.05, 4.69) is 0 Å². The van der Waals surface area contributed by atoms with E-state index in [4.69, 9.17) is 5.73 Å². The van der Waals surface area contributed by atoms with Gasteiger partial charge in [-0.3, -0.25) is 0 Å². The standard InChI is InChI=1S/C9H11NO2S.ClH/c10-6-7-1-2-9-8(5-7)3-4-13(9,11)12;/h1-2,5H,3-4,6,10H2;1H. The van der Waals surface area contributed by atoms with Gasteiger partial charge in [-0.05, 0) is 23.6 Å². The summed E-state index contributed by atoms with van der Waals surface area (Å²) in [5, 5.41) is 0. The highest BCUT2D eigenvalue weighted by molar-refractivity contribution is 7.91. The third-order valence-electron chi connectivity index (χ3n) is 2.34. The van der Waals surface area contributed by atoms with Crippen LogP contribution >= 0.6 is 12.4 Å². The van der Waals surface area contributed by atoms with Gasteiger partial charge >= 0.3 is 0 Å².